The fourth-order valence-corrected chi connectivity index (χ4v) is 3.56. The predicted octanol–water partition coefficient (Wildman–Crippen LogP) is 3.71. The number of thiazole rings is 1. The van der Waals surface area contributed by atoms with Gasteiger partial charge in [-0.1, -0.05) is 30.3 Å². The Hall–Kier alpha value is -3.19. The molecule has 0 radical (unpaired) electrons. The highest BCUT2D eigenvalue weighted by molar-refractivity contribution is 7.14. The van der Waals surface area contributed by atoms with Crippen LogP contribution < -0.4 is 15.4 Å². The Bertz CT molecular complexity index is 985. The fraction of sp³-hybridized carbons (Fsp3) is 0.150. The van der Waals surface area contributed by atoms with Crippen LogP contribution in [0.4, 0.5) is 10.8 Å². The summed E-state index contributed by atoms with van der Waals surface area (Å²) in [6.45, 7) is -0.106. The molecule has 0 saturated carbocycles. The molecule has 6 nitrogen and oxygen atoms in total. The summed E-state index contributed by atoms with van der Waals surface area (Å²) in [5, 5.41) is 8.02. The van der Waals surface area contributed by atoms with Gasteiger partial charge in [-0.2, -0.15) is 0 Å². The van der Waals surface area contributed by atoms with E-state index in [0.717, 1.165) is 22.5 Å². The van der Waals surface area contributed by atoms with E-state index in [1.54, 1.807) is 12.1 Å². The average Bonchev–Trinajstić information content (AvgIpc) is 3.15. The van der Waals surface area contributed by atoms with Gasteiger partial charge in [0.05, 0.1) is 5.69 Å². The second kappa shape index (κ2) is 7.59. The van der Waals surface area contributed by atoms with Crippen LogP contribution in [0, 0.1) is 0 Å². The number of nitrogens with one attached hydrogen (secondary N) is 2. The van der Waals surface area contributed by atoms with Crippen LogP contribution in [-0.4, -0.2) is 23.4 Å². The summed E-state index contributed by atoms with van der Waals surface area (Å²) in [5.74, 6) is 0.355. The lowest BCUT2D eigenvalue weighted by atomic mass is 10.0. The molecule has 0 unspecified atom stereocenters. The summed E-state index contributed by atoms with van der Waals surface area (Å²) >= 11 is 1.37. The summed E-state index contributed by atoms with van der Waals surface area (Å²) in [7, 11) is 0. The Morgan fingerprint density at radius 1 is 1.19 bits per heavy atom. The molecule has 1 aromatic heterocycles. The predicted molar refractivity (Wildman–Crippen MR) is 105 cm³/mol. The van der Waals surface area contributed by atoms with E-state index in [9.17, 15) is 9.59 Å². The summed E-state index contributed by atoms with van der Waals surface area (Å²) in [4.78, 5) is 28.0. The molecule has 136 valence electrons. The number of fused-ring (bicyclic) bond motifs is 1. The highest BCUT2D eigenvalue weighted by Gasteiger charge is 2.15. The molecule has 1 aliphatic heterocycles. The average molecular weight is 379 g/mol. The zero-order valence-corrected chi connectivity index (χ0v) is 15.2. The molecule has 0 bridgehead atoms. The van der Waals surface area contributed by atoms with Gasteiger partial charge >= 0.3 is 0 Å². The van der Waals surface area contributed by atoms with Crippen molar-refractivity contribution in [3.05, 3.63) is 59.5 Å². The van der Waals surface area contributed by atoms with Gasteiger partial charge in [-0.15, -0.1) is 11.3 Å². The Morgan fingerprint density at radius 3 is 2.89 bits per heavy atom. The Labute approximate surface area is 160 Å². The minimum absolute atomic E-state index is 0.0221. The maximum atomic E-state index is 12.1. The van der Waals surface area contributed by atoms with E-state index in [4.69, 9.17) is 4.74 Å². The van der Waals surface area contributed by atoms with Gasteiger partial charge in [0.2, 0.25) is 5.91 Å². The molecule has 0 aliphatic carbocycles. The third-order valence-electron chi connectivity index (χ3n) is 4.16. The number of aromatic nitrogens is 1. The van der Waals surface area contributed by atoms with Crippen LogP contribution in [0.3, 0.4) is 0 Å². The number of aryl methyl sites for hydroxylation is 1. The third kappa shape index (κ3) is 4.15. The number of ether oxygens (including phenoxy) is 1. The molecule has 4 rings (SSSR count). The Balaban J connectivity index is 1.34. The Morgan fingerprint density at radius 2 is 2.04 bits per heavy atom. The maximum Gasteiger partial charge on any atom is 0.264 e. The second-order valence-corrected chi connectivity index (χ2v) is 6.97. The van der Waals surface area contributed by atoms with Crippen molar-refractivity contribution >= 4 is 34.0 Å². The van der Waals surface area contributed by atoms with E-state index in [-0.39, 0.29) is 18.4 Å². The van der Waals surface area contributed by atoms with E-state index in [1.165, 1.54) is 11.3 Å². The largest absolute Gasteiger partial charge is 0.484 e. The molecule has 27 heavy (non-hydrogen) atoms. The van der Waals surface area contributed by atoms with Gasteiger partial charge in [0.1, 0.15) is 5.75 Å². The van der Waals surface area contributed by atoms with Crippen molar-refractivity contribution in [2.45, 2.75) is 12.8 Å². The van der Waals surface area contributed by atoms with Crippen LogP contribution in [0.15, 0.2) is 53.9 Å². The van der Waals surface area contributed by atoms with Crippen molar-refractivity contribution in [3.8, 4) is 17.0 Å². The minimum Gasteiger partial charge on any atom is -0.484 e. The van der Waals surface area contributed by atoms with Crippen LogP contribution in [0.5, 0.6) is 5.75 Å². The summed E-state index contributed by atoms with van der Waals surface area (Å²) in [6, 6.07) is 15.2. The summed E-state index contributed by atoms with van der Waals surface area (Å²) < 4.78 is 5.58. The molecule has 2 N–H and O–H groups in total. The van der Waals surface area contributed by atoms with Crippen molar-refractivity contribution in [1.82, 2.24) is 4.98 Å². The summed E-state index contributed by atoms with van der Waals surface area (Å²) in [6.07, 6.45) is 1.14. The molecule has 2 heterocycles. The molecule has 0 fully saturated rings. The lowest BCUT2D eigenvalue weighted by molar-refractivity contribution is -0.118. The number of hydrogen-bond donors (Lipinski definition) is 2. The lowest BCUT2D eigenvalue weighted by Crippen LogP contribution is -2.21. The van der Waals surface area contributed by atoms with Crippen molar-refractivity contribution in [1.29, 1.82) is 0 Å². The molecule has 0 atom stereocenters. The number of anilines is 2. The van der Waals surface area contributed by atoms with Crippen molar-refractivity contribution in [2.24, 2.45) is 0 Å². The van der Waals surface area contributed by atoms with E-state index in [2.05, 4.69) is 15.6 Å². The first-order valence-electron chi connectivity index (χ1n) is 8.54. The van der Waals surface area contributed by atoms with Gasteiger partial charge in [0.15, 0.2) is 11.7 Å². The topological polar surface area (TPSA) is 80.3 Å². The number of amides is 2. The number of nitrogens with zero attached hydrogens (tertiary/aromatic N) is 1. The zero-order valence-electron chi connectivity index (χ0n) is 14.4. The Kier molecular flexibility index (Phi) is 4.84. The SMILES string of the molecule is O=C(COc1ccc2c(c1)CCC(=O)N2)Nc1nc(-c2ccccc2)cs1. The molecule has 2 amide bonds. The second-order valence-electron chi connectivity index (χ2n) is 6.11. The number of carbonyl (C=O) groups is 2. The van der Waals surface area contributed by atoms with Crippen LogP contribution >= 0.6 is 11.3 Å². The zero-order chi connectivity index (χ0) is 18.6. The maximum absolute atomic E-state index is 12.1. The van der Waals surface area contributed by atoms with Crippen LogP contribution in [0.2, 0.25) is 0 Å². The standard InChI is InChI=1S/C20H17N3O3S/c24-18-9-6-14-10-15(7-8-16(14)21-18)26-11-19(25)23-20-22-17(12-27-20)13-4-2-1-3-5-13/h1-5,7-8,10,12H,6,9,11H2,(H,21,24)(H,22,23,25). The number of carbonyl (C=O) groups excluding carboxylic acids is 2. The van der Waals surface area contributed by atoms with Crippen molar-refractivity contribution in [2.75, 3.05) is 17.2 Å². The third-order valence-corrected chi connectivity index (χ3v) is 4.92. The van der Waals surface area contributed by atoms with E-state index < -0.39 is 0 Å². The first kappa shape index (κ1) is 17.2. The molecule has 0 saturated heterocycles. The molecular weight excluding hydrogens is 362 g/mol. The molecule has 3 aromatic rings. The van der Waals surface area contributed by atoms with E-state index in [0.29, 0.717) is 23.7 Å². The van der Waals surface area contributed by atoms with Gasteiger partial charge in [-0.3, -0.25) is 14.9 Å². The van der Waals surface area contributed by atoms with Gasteiger partial charge < -0.3 is 10.1 Å². The van der Waals surface area contributed by atoms with Gasteiger partial charge in [0.25, 0.3) is 5.91 Å². The molecule has 2 aromatic carbocycles. The smallest absolute Gasteiger partial charge is 0.264 e. The van der Waals surface area contributed by atoms with Crippen LogP contribution in [-0.2, 0) is 16.0 Å². The minimum atomic E-state index is -0.269. The van der Waals surface area contributed by atoms with E-state index >= 15 is 0 Å². The van der Waals surface area contributed by atoms with Crippen molar-refractivity contribution in [3.63, 3.8) is 0 Å². The highest BCUT2D eigenvalue weighted by Crippen LogP contribution is 2.27. The summed E-state index contributed by atoms with van der Waals surface area (Å²) in [5.41, 5.74) is 3.65. The molecule has 7 heteroatoms. The monoisotopic (exact) mass is 379 g/mol. The number of benzene rings is 2. The van der Waals surface area contributed by atoms with Crippen LogP contribution in [0.25, 0.3) is 11.3 Å². The quantitative estimate of drug-likeness (QED) is 0.708. The first-order valence-corrected chi connectivity index (χ1v) is 9.42. The van der Waals surface area contributed by atoms with E-state index in [1.807, 2.05) is 41.8 Å². The molecule has 1 aliphatic rings. The van der Waals surface area contributed by atoms with Gasteiger partial charge in [-0.05, 0) is 30.2 Å². The highest BCUT2D eigenvalue weighted by atomic mass is 32.1. The normalized spacial score (nSPS) is 12.8. The van der Waals surface area contributed by atoms with Crippen LogP contribution in [0.1, 0.15) is 12.0 Å². The van der Waals surface area contributed by atoms with Gasteiger partial charge in [0, 0.05) is 23.1 Å². The van der Waals surface area contributed by atoms with Crippen molar-refractivity contribution < 1.29 is 14.3 Å². The molecule has 0 spiro atoms. The molecular formula is C20H17N3O3S. The number of rotatable bonds is 5. The lowest BCUT2D eigenvalue weighted by Gasteiger charge is -2.17. The number of hydrogen-bond acceptors (Lipinski definition) is 5. The fourth-order valence-electron chi connectivity index (χ4n) is 2.83. The first-order chi connectivity index (χ1) is 13.2. The van der Waals surface area contributed by atoms with Gasteiger partial charge in [-0.25, -0.2) is 4.98 Å².